The molecule has 3 aromatic rings. The highest BCUT2D eigenvalue weighted by Gasteiger charge is 2.10. The average Bonchev–Trinajstić information content (AvgIpc) is 2.90. The van der Waals surface area contributed by atoms with E-state index in [1.54, 1.807) is 12.4 Å². The third kappa shape index (κ3) is 2.30. The number of aromatic nitrogens is 5. The molecular formula is C12H8F2N6. The van der Waals surface area contributed by atoms with Crippen LogP contribution in [0.5, 0.6) is 0 Å². The first kappa shape index (κ1) is 12.2. The Bertz CT molecular complexity index is 736. The summed E-state index contributed by atoms with van der Waals surface area (Å²) in [7, 11) is 0. The van der Waals surface area contributed by atoms with Gasteiger partial charge in [0, 0.05) is 24.0 Å². The fourth-order valence-corrected chi connectivity index (χ4v) is 1.69. The number of hydrogen-bond donors (Lipinski definition) is 1. The van der Waals surface area contributed by atoms with Gasteiger partial charge in [0.15, 0.2) is 5.82 Å². The Kier molecular flexibility index (Phi) is 2.82. The van der Waals surface area contributed by atoms with Crippen molar-refractivity contribution in [2.75, 3.05) is 5.73 Å². The Labute approximate surface area is 112 Å². The van der Waals surface area contributed by atoms with Crippen LogP contribution >= 0.6 is 0 Å². The predicted molar refractivity (Wildman–Crippen MR) is 66.7 cm³/mol. The fraction of sp³-hybridized carbons (Fsp3) is 0. The number of imidazole rings is 1. The van der Waals surface area contributed by atoms with Crippen LogP contribution < -0.4 is 5.73 Å². The van der Waals surface area contributed by atoms with Gasteiger partial charge in [0.2, 0.25) is 11.9 Å². The van der Waals surface area contributed by atoms with Gasteiger partial charge in [0.05, 0.1) is 0 Å². The van der Waals surface area contributed by atoms with Crippen LogP contribution in [0.25, 0.3) is 17.3 Å². The second-order valence-corrected chi connectivity index (χ2v) is 3.95. The molecule has 2 N–H and O–H groups in total. The number of rotatable bonds is 2. The molecule has 2 aromatic heterocycles. The van der Waals surface area contributed by atoms with Crippen LogP contribution in [0, 0.1) is 11.6 Å². The minimum atomic E-state index is -0.719. The van der Waals surface area contributed by atoms with Gasteiger partial charge < -0.3 is 5.73 Å². The molecule has 1 aromatic carbocycles. The summed E-state index contributed by atoms with van der Waals surface area (Å²) in [5, 5.41) is 0. The van der Waals surface area contributed by atoms with Crippen LogP contribution in [-0.4, -0.2) is 24.5 Å². The Morgan fingerprint density at radius 3 is 2.40 bits per heavy atom. The summed E-state index contributed by atoms with van der Waals surface area (Å²) >= 11 is 0. The average molecular weight is 274 g/mol. The zero-order valence-electron chi connectivity index (χ0n) is 10.0. The van der Waals surface area contributed by atoms with Crippen molar-refractivity contribution in [1.29, 1.82) is 0 Å². The van der Waals surface area contributed by atoms with E-state index < -0.39 is 11.6 Å². The molecule has 0 unspecified atom stereocenters. The highest BCUT2D eigenvalue weighted by atomic mass is 19.1. The lowest BCUT2D eigenvalue weighted by Gasteiger charge is -2.05. The fourth-order valence-electron chi connectivity index (χ4n) is 1.69. The van der Waals surface area contributed by atoms with E-state index >= 15 is 0 Å². The highest BCUT2D eigenvalue weighted by molar-refractivity contribution is 5.56. The maximum absolute atomic E-state index is 13.2. The maximum atomic E-state index is 13.2. The van der Waals surface area contributed by atoms with Crippen molar-refractivity contribution in [3.63, 3.8) is 0 Å². The molecule has 0 aliphatic heterocycles. The molecular weight excluding hydrogens is 266 g/mol. The summed E-state index contributed by atoms with van der Waals surface area (Å²) in [6, 6.07) is 3.01. The summed E-state index contributed by atoms with van der Waals surface area (Å²) in [4.78, 5) is 15.8. The highest BCUT2D eigenvalue weighted by Crippen LogP contribution is 2.19. The third-order valence-corrected chi connectivity index (χ3v) is 2.50. The van der Waals surface area contributed by atoms with Gasteiger partial charge in [0.25, 0.3) is 0 Å². The van der Waals surface area contributed by atoms with E-state index in [0.717, 1.165) is 18.2 Å². The molecule has 6 nitrogen and oxygen atoms in total. The van der Waals surface area contributed by atoms with E-state index in [1.807, 2.05) is 0 Å². The molecule has 100 valence electrons. The molecule has 0 bridgehead atoms. The molecule has 0 radical (unpaired) electrons. The molecule has 0 saturated heterocycles. The zero-order chi connectivity index (χ0) is 14.1. The number of nitrogens with two attached hydrogens (primary N) is 1. The molecule has 8 heteroatoms. The molecule has 0 saturated carbocycles. The Balaban J connectivity index is 2.14. The van der Waals surface area contributed by atoms with Crippen LogP contribution in [-0.2, 0) is 0 Å². The summed E-state index contributed by atoms with van der Waals surface area (Å²) in [5.74, 6) is -1.19. The molecule has 0 atom stereocenters. The van der Waals surface area contributed by atoms with Crippen molar-refractivity contribution >= 4 is 5.95 Å². The topological polar surface area (TPSA) is 82.5 Å². The lowest BCUT2D eigenvalue weighted by molar-refractivity contribution is 0.584. The van der Waals surface area contributed by atoms with Crippen molar-refractivity contribution < 1.29 is 8.78 Å². The number of nitrogen functional groups attached to an aromatic ring is 1. The van der Waals surface area contributed by atoms with Crippen LogP contribution in [0.1, 0.15) is 0 Å². The number of halogens is 2. The molecule has 2 heterocycles. The SMILES string of the molecule is Nc1nc(-c2cc(F)cc(F)c2)nc(-n2ccnc2)n1. The van der Waals surface area contributed by atoms with Crippen LogP contribution in [0.2, 0.25) is 0 Å². The lowest BCUT2D eigenvalue weighted by atomic mass is 10.2. The van der Waals surface area contributed by atoms with Gasteiger partial charge >= 0.3 is 0 Å². The van der Waals surface area contributed by atoms with Gasteiger partial charge in [-0.25, -0.2) is 13.8 Å². The van der Waals surface area contributed by atoms with Crippen LogP contribution in [0.15, 0.2) is 36.9 Å². The van der Waals surface area contributed by atoms with Gasteiger partial charge in [-0.15, -0.1) is 0 Å². The maximum Gasteiger partial charge on any atom is 0.240 e. The van der Waals surface area contributed by atoms with Gasteiger partial charge in [-0.1, -0.05) is 0 Å². The van der Waals surface area contributed by atoms with Crippen LogP contribution in [0.4, 0.5) is 14.7 Å². The lowest BCUT2D eigenvalue weighted by Crippen LogP contribution is -2.06. The van der Waals surface area contributed by atoms with E-state index in [2.05, 4.69) is 19.9 Å². The summed E-state index contributed by atoms with van der Waals surface area (Å²) < 4.78 is 28.0. The van der Waals surface area contributed by atoms with Gasteiger partial charge in [0.1, 0.15) is 18.0 Å². The first-order valence-electron chi connectivity index (χ1n) is 5.58. The first-order valence-corrected chi connectivity index (χ1v) is 5.58. The monoisotopic (exact) mass is 274 g/mol. The first-order chi connectivity index (χ1) is 9.61. The molecule has 0 fully saturated rings. The number of anilines is 1. The molecule has 3 rings (SSSR count). The Morgan fingerprint density at radius 2 is 1.75 bits per heavy atom. The van der Waals surface area contributed by atoms with Crippen molar-refractivity contribution in [3.05, 3.63) is 48.6 Å². The van der Waals surface area contributed by atoms with E-state index in [1.165, 1.54) is 10.9 Å². The van der Waals surface area contributed by atoms with Crippen molar-refractivity contribution in [3.8, 4) is 17.3 Å². The standard InChI is InChI=1S/C12H8F2N6/c13-8-3-7(4-9(14)5-8)10-17-11(15)19-12(18-10)20-2-1-16-6-20/h1-6H,(H2,15,17,18,19). The Hall–Kier alpha value is -2.90. The van der Waals surface area contributed by atoms with Crippen molar-refractivity contribution in [2.45, 2.75) is 0 Å². The van der Waals surface area contributed by atoms with E-state index in [4.69, 9.17) is 5.73 Å². The summed E-state index contributed by atoms with van der Waals surface area (Å²) in [6.07, 6.45) is 4.64. The zero-order valence-corrected chi connectivity index (χ0v) is 10.0. The quantitative estimate of drug-likeness (QED) is 0.767. The normalized spacial score (nSPS) is 10.7. The predicted octanol–water partition coefficient (Wildman–Crippen LogP) is 1.58. The molecule has 0 spiro atoms. The molecule has 0 amide bonds. The number of hydrogen-bond acceptors (Lipinski definition) is 5. The van der Waals surface area contributed by atoms with E-state index in [9.17, 15) is 8.78 Å². The van der Waals surface area contributed by atoms with E-state index in [0.29, 0.717) is 0 Å². The smallest absolute Gasteiger partial charge is 0.240 e. The molecule has 0 aliphatic rings. The Morgan fingerprint density at radius 1 is 1.00 bits per heavy atom. The molecule has 20 heavy (non-hydrogen) atoms. The van der Waals surface area contributed by atoms with E-state index in [-0.39, 0.29) is 23.3 Å². The van der Waals surface area contributed by atoms with Gasteiger partial charge in [-0.3, -0.25) is 4.57 Å². The second-order valence-electron chi connectivity index (χ2n) is 3.95. The largest absolute Gasteiger partial charge is 0.368 e. The minimum absolute atomic E-state index is 0.0524. The summed E-state index contributed by atoms with van der Waals surface area (Å²) in [6.45, 7) is 0. The van der Waals surface area contributed by atoms with Crippen molar-refractivity contribution in [1.82, 2.24) is 24.5 Å². The number of benzene rings is 1. The van der Waals surface area contributed by atoms with Gasteiger partial charge in [-0.05, 0) is 12.1 Å². The summed E-state index contributed by atoms with van der Waals surface area (Å²) in [5.41, 5.74) is 5.77. The van der Waals surface area contributed by atoms with Gasteiger partial charge in [-0.2, -0.15) is 15.0 Å². The molecule has 0 aliphatic carbocycles. The number of nitrogens with zero attached hydrogens (tertiary/aromatic N) is 5. The minimum Gasteiger partial charge on any atom is -0.368 e. The second kappa shape index (κ2) is 4.65. The third-order valence-electron chi connectivity index (χ3n) is 2.50. The van der Waals surface area contributed by atoms with Crippen molar-refractivity contribution in [2.24, 2.45) is 0 Å². The van der Waals surface area contributed by atoms with Crippen LogP contribution in [0.3, 0.4) is 0 Å².